The number of para-hydroxylation sites is 1. The monoisotopic (exact) mass is 332 g/mol. The van der Waals surface area contributed by atoms with Crippen molar-refractivity contribution in [3.05, 3.63) is 59.0 Å². The standard InChI is InChI=1S/C18H16N6O/c1-10-9-11(2)19-16-14(10)17-22-21-15(12(3)24(17)23-16)18(25)20-13-7-5-4-6-8-13/h4-9H,1-3H3,(H,20,25). The third-order valence-electron chi connectivity index (χ3n) is 4.10. The average Bonchev–Trinajstić information content (AvgIpc) is 2.95. The van der Waals surface area contributed by atoms with Crippen molar-refractivity contribution in [3.8, 4) is 0 Å². The number of anilines is 1. The van der Waals surface area contributed by atoms with E-state index in [2.05, 4.69) is 25.6 Å². The van der Waals surface area contributed by atoms with Crippen LogP contribution in [0.4, 0.5) is 5.69 Å². The summed E-state index contributed by atoms with van der Waals surface area (Å²) in [5, 5.41) is 16.6. The van der Waals surface area contributed by atoms with Crippen LogP contribution in [0.5, 0.6) is 0 Å². The summed E-state index contributed by atoms with van der Waals surface area (Å²) < 4.78 is 1.64. The van der Waals surface area contributed by atoms with Crippen molar-refractivity contribution < 1.29 is 4.79 Å². The maximum absolute atomic E-state index is 12.5. The van der Waals surface area contributed by atoms with Crippen LogP contribution in [-0.4, -0.2) is 30.7 Å². The fourth-order valence-corrected chi connectivity index (χ4v) is 2.93. The van der Waals surface area contributed by atoms with Crippen molar-refractivity contribution in [3.63, 3.8) is 0 Å². The van der Waals surface area contributed by atoms with Gasteiger partial charge in [-0.05, 0) is 44.5 Å². The van der Waals surface area contributed by atoms with Gasteiger partial charge in [-0.2, -0.15) is 0 Å². The lowest BCUT2D eigenvalue weighted by molar-refractivity contribution is 0.102. The largest absolute Gasteiger partial charge is 0.321 e. The first-order valence-corrected chi connectivity index (χ1v) is 7.91. The molecule has 0 aliphatic carbocycles. The highest BCUT2D eigenvalue weighted by Gasteiger charge is 2.19. The molecule has 0 fully saturated rings. The number of amides is 1. The number of aryl methyl sites for hydroxylation is 3. The summed E-state index contributed by atoms with van der Waals surface area (Å²) in [6.45, 7) is 5.72. The molecule has 4 aromatic rings. The molecule has 0 atom stereocenters. The molecule has 0 saturated carbocycles. The van der Waals surface area contributed by atoms with E-state index in [0.717, 1.165) is 16.6 Å². The average molecular weight is 332 g/mol. The molecule has 1 amide bonds. The van der Waals surface area contributed by atoms with Crippen molar-refractivity contribution in [2.45, 2.75) is 20.8 Å². The summed E-state index contributed by atoms with van der Waals surface area (Å²) >= 11 is 0. The Kier molecular flexibility index (Phi) is 3.42. The minimum Gasteiger partial charge on any atom is -0.321 e. The van der Waals surface area contributed by atoms with E-state index in [4.69, 9.17) is 0 Å². The summed E-state index contributed by atoms with van der Waals surface area (Å²) in [5.41, 5.74) is 4.69. The van der Waals surface area contributed by atoms with Crippen molar-refractivity contribution in [2.24, 2.45) is 0 Å². The number of nitrogens with one attached hydrogen (secondary N) is 1. The molecule has 3 aromatic heterocycles. The maximum atomic E-state index is 12.5. The predicted molar refractivity (Wildman–Crippen MR) is 94.7 cm³/mol. The minimum atomic E-state index is -0.321. The Hall–Kier alpha value is -3.35. The highest BCUT2D eigenvalue weighted by atomic mass is 16.2. The van der Waals surface area contributed by atoms with Crippen molar-refractivity contribution in [1.82, 2.24) is 24.8 Å². The molecule has 3 heterocycles. The topological polar surface area (TPSA) is 85.1 Å². The van der Waals surface area contributed by atoms with Gasteiger partial charge >= 0.3 is 0 Å². The van der Waals surface area contributed by atoms with E-state index >= 15 is 0 Å². The molecule has 0 spiro atoms. The Bertz CT molecular complexity index is 1120. The molecule has 0 saturated heterocycles. The van der Waals surface area contributed by atoms with Gasteiger partial charge < -0.3 is 5.32 Å². The lowest BCUT2D eigenvalue weighted by Crippen LogP contribution is -2.18. The summed E-state index contributed by atoms with van der Waals surface area (Å²) in [6.07, 6.45) is 0. The first-order chi connectivity index (χ1) is 12.0. The van der Waals surface area contributed by atoms with Crippen LogP contribution in [0, 0.1) is 20.8 Å². The van der Waals surface area contributed by atoms with Gasteiger partial charge in [0.15, 0.2) is 17.0 Å². The zero-order valence-corrected chi connectivity index (χ0v) is 14.1. The molecule has 0 bridgehead atoms. The van der Waals surface area contributed by atoms with Crippen LogP contribution in [0.2, 0.25) is 0 Å². The minimum absolute atomic E-state index is 0.235. The van der Waals surface area contributed by atoms with Gasteiger partial charge in [0, 0.05) is 11.4 Å². The normalized spacial score (nSPS) is 11.2. The zero-order chi connectivity index (χ0) is 17.6. The van der Waals surface area contributed by atoms with Crippen LogP contribution in [0.3, 0.4) is 0 Å². The lowest BCUT2D eigenvalue weighted by atomic mass is 10.2. The molecule has 1 aromatic carbocycles. The SMILES string of the molecule is Cc1cc(C)c2c(n1)nn1c(C)c(C(=O)Nc3ccccc3)nnc21. The van der Waals surface area contributed by atoms with E-state index in [1.807, 2.05) is 50.2 Å². The quantitative estimate of drug-likeness (QED) is 0.610. The van der Waals surface area contributed by atoms with Gasteiger partial charge in [-0.25, -0.2) is 9.50 Å². The molecule has 7 heteroatoms. The van der Waals surface area contributed by atoms with Crippen molar-refractivity contribution >= 4 is 28.3 Å². The third kappa shape index (κ3) is 2.50. The number of aromatic nitrogens is 5. The second-order valence-corrected chi connectivity index (χ2v) is 5.97. The number of carbonyl (C=O) groups is 1. The fourth-order valence-electron chi connectivity index (χ4n) is 2.93. The van der Waals surface area contributed by atoms with Gasteiger partial charge in [0.05, 0.1) is 11.1 Å². The number of benzene rings is 1. The van der Waals surface area contributed by atoms with Crippen molar-refractivity contribution in [1.29, 1.82) is 0 Å². The number of pyridine rings is 1. The Balaban J connectivity index is 1.84. The molecule has 0 unspecified atom stereocenters. The second-order valence-electron chi connectivity index (χ2n) is 5.97. The number of rotatable bonds is 2. The number of hydrogen-bond acceptors (Lipinski definition) is 5. The third-order valence-corrected chi connectivity index (χ3v) is 4.10. The number of nitrogens with zero attached hydrogens (tertiary/aromatic N) is 5. The summed E-state index contributed by atoms with van der Waals surface area (Å²) in [6, 6.07) is 11.2. The van der Waals surface area contributed by atoms with E-state index in [0.29, 0.717) is 22.7 Å². The second kappa shape index (κ2) is 5.62. The Labute approximate surface area is 143 Å². The van der Waals surface area contributed by atoms with Gasteiger partial charge in [0.1, 0.15) is 0 Å². The first kappa shape index (κ1) is 15.2. The van der Waals surface area contributed by atoms with E-state index in [1.54, 1.807) is 11.4 Å². The Morgan fingerprint density at radius 1 is 1.08 bits per heavy atom. The Morgan fingerprint density at radius 2 is 1.84 bits per heavy atom. The molecule has 25 heavy (non-hydrogen) atoms. The molecular formula is C18H16N6O. The van der Waals surface area contributed by atoms with E-state index in [-0.39, 0.29) is 11.6 Å². The number of fused-ring (bicyclic) bond motifs is 3. The number of carbonyl (C=O) groups excluding carboxylic acids is 1. The smallest absolute Gasteiger partial charge is 0.278 e. The van der Waals surface area contributed by atoms with Crippen LogP contribution in [-0.2, 0) is 0 Å². The van der Waals surface area contributed by atoms with E-state index in [1.165, 1.54) is 0 Å². The van der Waals surface area contributed by atoms with Gasteiger partial charge in [-0.3, -0.25) is 4.79 Å². The zero-order valence-electron chi connectivity index (χ0n) is 14.1. The van der Waals surface area contributed by atoms with E-state index < -0.39 is 0 Å². The fraction of sp³-hybridized carbons (Fsp3) is 0.167. The summed E-state index contributed by atoms with van der Waals surface area (Å²) in [7, 11) is 0. The molecule has 124 valence electrons. The molecule has 0 aliphatic heterocycles. The van der Waals surface area contributed by atoms with Crippen LogP contribution >= 0.6 is 0 Å². The van der Waals surface area contributed by atoms with Gasteiger partial charge in [-0.15, -0.1) is 15.3 Å². The lowest BCUT2D eigenvalue weighted by Gasteiger charge is -2.07. The molecule has 4 rings (SSSR count). The van der Waals surface area contributed by atoms with Crippen LogP contribution in [0.15, 0.2) is 36.4 Å². The summed E-state index contributed by atoms with van der Waals surface area (Å²) in [5.74, 6) is -0.321. The highest BCUT2D eigenvalue weighted by molar-refractivity contribution is 6.04. The molecule has 7 nitrogen and oxygen atoms in total. The highest BCUT2D eigenvalue weighted by Crippen LogP contribution is 2.22. The summed E-state index contributed by atoms with van der Waals surface area (Å²) in [4.78, 5) is 17.0. The molecular weight excluding hydrogens is 316 g/mol. The predicted octanol–water partition coefficient (Wildman–Crippen LogP) is 2.85. The van der Waals surface area contributed by atoms with Crippen LogP contribution < -0.4 is 5.32 Å². The van der Waals surface area contributed by atoms with Crippen molar-refractivity contribution in [2.75, 3.05) is 5.32 Å². The van der Waals surface area contributed by atoms with E-state index in [9.17, 15) is 4.79 Å². The Morgan fingerprint density at radius 3 is 2.60 bits per heavy atom. The molecule has 0 radical (unpaired) electrons. The van der Waals surface area contributed by atoms with Gasteiger partial charge in [-0.1, -0.05) is 18.2 Å². The van der Waals surface area contributed by atoms with Crippen LogP contribution in [0.1, 0.15) is 27.4 Å². The van der Waals surface area contributed by atoms with Crippen LogP contribution in [0.25, 0.3) is 16.7 Å². The molecule has 0 aliphatic rings. The number of hydrogen-bond donors (Lipinski definition) is 1. The van der Waals surface area contributed by atoms with Gasteiger partial charge in [0.25, 0.3) is 5.91 Å². The first-order valence-electron chi connectivity index (χ1n) is 7.91. The molecule has 1 N–H and O–H groups in total. The maximum Gasteiger partial charge on any atom is 0.278 e. The van der Waals surface area contributed by atoms with Gasteiger partial charge in [0.2, 0.25) is 0 Å².